The van der Waals surface area contributed by atoms with Gasteiger partial charge >= 0.3 is 6.09 Å². The topological polar surface area (TPSA) is 46.6 Å². The number of hydrogen-bond acceptors (Lipinski definition) is 3. The second-order valence-electron chi connectivity index (χ2n) is 5.26. The van der Waals surface area contributed by atoms with Crippen LogP contribution in [-0.2, 0) is 4.79 Å². The van der Waals surface area contributed by atoms with Crippen LogP contribution in [-0.4, -0.2) is 23.4 Å². The molecule has 21 heavy (non-hydrogen) atoms. The number of carbonyl (C=O) groups excluding carboxylic acids is 2. The van der Waals surface area contributed by atoms with Gasteiger partial charge in [-0.2, -0.15) is 0 Å². The number of imide groups is 1. The van der Waals surface area contributed by atoms with Gasteiger partial charge in [-0.1, -0.05) is 37.6 Å². The molecule has 0 spiro atoms. The third kappa shape index (κ3) is 3.51. The van der Waals surface area contributed by atoms with E-state index in [9.17, 15) is 9.59 Å². The van der Waals surface area contributed by atoms with Crippen molar-refractivity contribution in [2.45, 2.75) is 26.2 Å². The molecule has 1 aliphatic heterocycles. The summed E-state index contributed by atoms with van der Waals surface area (Å²) in [4.78, 5) is 25.9. The molecule has 1 fully saturated rings. The lowest BCUT2D eigenvalue weighted by molar-refractivity contribution is -0.138. The Hall–Kier alpha value is -2.10. The quantitative estimate of drug-likeness (QED) is 0.794. The summed E-state index contributed by atoms with van der Waals surface area (Å²) in [5, 5.41) is 0. The number of ether oxygens (including phenoxy) is 1. The van der Waals surface area contributed by atoms with E-state index < -0.39 is 6.09 Å². The zero-order valence-electron chi connectivity index (χ0n) is 12.3. The predicted octanol–water partition coefficient (Wildman–Crippen LogP) is 3.64. The van der Waals surface area contributed by atoms with E-state index in [1.54, 1.807) is 30.3 Å². The van der Waals surface area contributed by atoms with Crippen LogP contribution in [0.25, 0.3) is 0 Å². The number of hydrogen-bond donors (Lipinski definition) is 0. The minimum Gasteiger partial charge on any atom is -0.410 e. The molecule has 1 aromatic carbocycles. The van der Waals surface area contributed by atoms with Crippen LogP contribution in [0.5, 0.6) is 5.75 Å². The van der Waals surface area contributed by atoms with Gasteiger partial charge in [-0.05, 0) is 30.9 Å². The SMILES string of the molecule is C=CC[C@@H]1C(=O)N(C(=O)Oc2ccccc2)CC[C@H]1CC. The Balaban J connectivity index is 2.07. The summed E-state index contributed by atoms with van der Waals surface area (Å²) in [5.41, 5.74) is 0. The van der Waals surface area contributed by atoms with E-state index in [1.807, 2.05) is 6.07 Å². The first kappa shape index (κ1) is 15.3. The van der Waals surface area contributed by atoms with Crippen molar-refractivity contribution in [3.63, 3.8) is 0 Å². The molecule has 1 aliphatic rings. The number of piperidine rings is 1. The van der Waals surface area contributed by atoms with Crippen molar-refractivity contribution in [1.29, 1.82) is 0 Å². The Labute approximate surface area is 125 Å². The number of carbonyl (C=O) groups is 2. The van der Waals surface area contributed by atoms with Crippen LogP contribution in [0.3, 0.4) is 0 Å². The fourth-order valence-electron chi connectivity index (χ4n) is 2.80. The average Bonchev–Trinajstić information content (AvgIpc) is 2.50. The smallest absolute Gasteiger partial charge is 0.410 e. The second-order valence-corrected chi connectivity index (χ2v) is 5.26. The number of amides is 2. The molecule has 112 valence electrons. The van der Waals surface area contributed by atoms with E-state index in [0.29, 0.717) is 24.6 Å². The summed E-state index contributed by atoms with van der Waals surface area (Å²) in [5.74, 6) is 0.461. The highest BCUT2D eigenvalue weighted by atomic mass is 16.6. The van der Waals surface area contributed by atoms with Crippen molar-refractivity contribution in [1.82, 2.24) is 4.90 Å². The average molecular weight is 287 g/mol. The van der Waals surface area contributed by atoms with Crippen molar-refractivity contribution < 1.29 is 14.3 Å². The van der Waals surface area contributed by atoms with Crippen LogP contribution in [0, 0.1) is 11.8 Å². The highest BCUT2D eigenvalue weighted by Gasteiger charge is 2.38. The Bertz CT molecular complexity index is 512. The monoisotopic (exact) mass is 287 g/mol. The molecule has 0 saturated carbocycles. The summed E-state index contributed by atoms with van der Waals surface area (Å²) in [6, 6.07) is 8.81. The molecule has 2 rings (SSSR count). The van der Waals surface area contributed by atoms with E-state index >= 15 is 0 Å². The zero-order valence-corrected chi connectivity index (χ0v) is 12.3. The van der Waals surface area contributed by atoms with Gasteiger partial charge in [0.2, 0.25) is 5.91 Å². The van der Waals surface area contributed by atoms with Gasteiger partial charge in [0, 0.05) is 12.5 Å². The van der Waals surface area contributed by atoms with Crippen molar-refractivity contribution in [3.8, 4) is 5.75 Å². The van der Waals surface area contributed by atoms with E-state index in [4.69, 9.17) is 4.74 Å². The summed E-state index contributed by atoms with van der Waals surface area (Å²) < 4.78 is 5.26. The standard InChI is InChI=1S/C17H21NO3/c1-3-8-15-13(4-2)11-12-18(16(15)19)17(20)21-14-9-6-5-7-10-14/h3,5-7,9-10,13,15H,1,4,8,11-12H2,2H3/t13-,15+/m1/s1. The first-order valence-electron chi connectivity index (χ1n) is 7.36. The van der Waals surface area contributed by atoms with E-state index in [-0.39, 0.29) is 11.8 Å². The molecule has 1 heterocycles. The van der Waals surface area contributed by atoms with Crippen LogP contribution >= 0.6 is 0 Å². The number of allylic oxidation sites excluding steroid dienone is 1. The first-order valence-corrected chi connectivity index (χ1v) is 7.36. The zero-order chi connectivity index (χ0) is 15.2. The normalized spacial score (nSPS) is 22.0. The molecule has 1 aromatic rings. The lowest BCUT2D eigenvalue weighted by Crippen LogP contribution is -2.49. The molecule has 0 bridgehead atoms. The Morgan fingerprint density at radius 3 is 2.76 bits per heavy atom. The largest absolute Gasteiger partial charge is 0.421 e. The van der Waals surface area contributed by atoms with Gasteiger partial charge in [0.05, 0.1) is 0 Å². The van der Waals surface area contributed by atoms with Gasteiger partial charge in [0.1, 0.15) is 5.75 Å². The van der Waals surface area contributed by atoms with Crippen molar-refractivity contribution in [2.24, 2.45) is 11.8 Å². The molecule has 2 atom stereocenters. The van der Waals surface area contributed by atoms with Gasteiger partial charge in [-0.25, -0.2) is 9.69 Å². The number of likely N-dealkylation sites (tertiary alicyclic amines) is 1. The maximum atomic E-state index is 12.5. The summed E-state index contributed by atoms with van der Waals surface area (Å²) in [7, 11) is 0. The predicted molar refractivity (Wildman–Crippen MR) is 80.9 cm³/mol. The molecular formula is C17H21NO3. The lowest BCUT2D eigenvalue weighted by Gasteiger charge is -2.35. The van der Waals surface area contributed by atoms with Crippen molar-refractivity contribution in [3.05, 3.63) is 43.0 Å². The maximum Gasteiger partial charge on any atom is 0.421 e. The third-order valence-corrected chi connectivity index (χ3v) is 3.99. The molecule has 0 aromatic heterocycles. The molecule has 4 nitrogen and oxygen atoms in total. The van der Waals surface area contributed by atoms with Crippen molar-refractivity contribution >= 4 is 12.0 Å². The van der Waals surface area contributed by atoms with Crippen LogP contribution in [0.2, 0.25) is 0 Å². The fraction of sp³-hybridized carbons (Fsp3) is 0.412. The second kappa shape index (κ2) is 7.07. The van der Waals surface area contributed by atoms with Crippen LogP contribution < -0.4 is 4.74 Å². The van der Waals surface area contributed by atoms with Gasteiger partial charge in [0.25, 0.3) is 0 Å². The molecule has 0 N–H and O–H groups in total. The number of benzene rings is 1. The molecule has 1 saturated heterocycles. The van der Waals surface area contributed by atoms with Gasteiger partial charge < -0.3 is 4.74 Å². The minimum absolute atomic E-state index is 0.145. The van der Waals surface area contributed by atoms with Crippen LogP contribution in [0.4, 0.5) is 4.79 Å². The Morgan fingerprint density at radius 1 is 1.43 bits per heavy atom. The highest BCUT2D eigenvalue weighted by Crippen LogP contribution is 2.30. The van der Waals surface area contributed by atoms with Crippen LogP contribution in [0.15, 0.2) is 43.0 Å². The van der Waals surface area contributed by atoms with Crippen molar-refractivity contribution in [2.75, 3.05) is 6.54 Å². The van der Waals surface area contributed by atoms with Gasteiger partial charge in [0.15, 0.2) is 0 Å². The molecular weight excluding hydrogens is 266 g/mol. The number of rotatable bonds is 4. The highest BCUT2D eigenvalue weighted by molar-refractivity contribution is 5.94. The van der Waals surface area contributed by atoms with Crippen LogP contribution in [0.1, 0.15) is 26.2 Å². The molecule has 0 radical (unpaired) electrons. The molecule has 0 aliphatic carbocycles. The fourth-order valence-corrected chi connectivity index (χ4v) is 2.80. The number of nitrogens with zero attached hydrogens (tertiary/aromatic N) is 1. The minimum atomic E-state index is -0.588. The molecule has 2 amide bonds. The van der Waals surface area contributed by atoms with Gasteiger partial charge in [-0.15, -0.1) is 6.58 Å². The molecule has 4 heteroatoms. The van der Waals surface area contributed by atoms with Gasteiger partial charge in [-0.3, -0.25) is 4.79 Å². The van der Waals surface area contributed by atoms with E-state index in [2.05, 4.69) is 13.5 Å². The Kier molecular flexibility index (Phi) is 5.14. The third-order valence-electron chi connectivity index (χ3n) is 3.99. The summed E-state index contributed by atoms with van der Waals surface area (Å²) in [6.07, 6.45) is 3.52. The van der Waals surface area contributed by atoms with E-state index in [1.165, 1.54) is 4.90 Å². The summed E-state index contributed by atoms with van der Waals surface area (Å²) in [6.45, 7) is 6.21. The van der Waals surface area contributed by atoms with E-state index in [0.717, 1.165) is 12.8 Å². The Morgan fingerprint density at radius 2 is 2.14 bits per heavy atom. The number of para-hydroxylation sites is 1. The summed E-state index contributed by atoms with van der Waals surface area (Å²) >= 11 is 0. The first-order chi connectivity index (χ1) is 10.2. The molecule has 0 unspecified atom stereocenters. The maximum absolute atomic E-state index is 12.5. The lowest BCUT2D eigenvalue weighted by atomic mass is 9.81.